The molecule has 7 nitrogen and oxygen atoms in total. The smallest absolute Gasteiger partial charge is 0.228 e. The van der Waals surface area contributed by atoms with Crippen LogP contribution in [0.4, 0.5) is 11.4 Å². The number of nitrogens with zero attached hydrogens (tertiary/aromatic N) is 1. The van der Waals surface area contributed by atoms with Crippen LogP contribution < -0.4 is 20.1 Å². The van der Waals surface area contributed by atoms with Crippen LogP contribution in [0.5, 0.6) is 11.5 Å². The highest BCUT2D eigenvalue weighted by atomic mass is 35.5. The summed E-state index contributed by atoms with van der Waals surface area (Å²) < 4.78 is 10.4. The second kappa shape index (κ2) is 8.19. The molecule has 8 heteroatoms. The fraction of sp³-hybridized carbons (Fsp3) is 0.250. The summed E-state index contributed by atoms with van der Waals surface area (Å²) in [5.74, 6) is -0.702. The number of halogens is 1. The molecule has 1 aliphatic rings. The van der Waals surface area contributed by atoms with Gasteiger partial charge >= 0.3 is 0 Å². The first-order chi connectivity index (χ1) is 13.5. The summed E-state index contributed by atoms with van der Waals surface area (Å²) in [6.45, 7) is 0. The van der Waals surface area contributed by atoms with Gasteiger partial charge in [0.25, 0.3) is 0 Å². The maximum atomic E-state index is 12.5. The van der Waals surface area contributed by atoms with Crippen LogP contribution in [0.3, 0.4) is 0 Å². The molecule has 1 saturated carbocycles. The molecule has 2 atom stereocenters. The van der Waals surface area contributed by atoms with Gasteiger partial charge in [0.15, 0.2) is 0 Å². The van der Waals surface area contributed by atoms with Crippen LogP contribution in [0.1, 0.15) is 12.0 Å². The van der Waals surface area contributed by atoms with Gasteiger partial charge < -0.3 is 20.1 Å². The second-order valence-electron chi connectivity index (χ2n) is 6.27. The molecule has 0 spiro atoms. The Morgan fingerprint density at radius 3 is 2.25 bits per heavy atom. The first-order valence-electron chi connectivity index (χ1n) is 8.50. The van der Waals surface area contributed by atoms with Crippen molar-refractivity contribution in [2.45, 2.75) is 6.42 Å². The molecule has 28 heavy (non-hydrogen) atoms. The van der Waals surface area contributed by atoms with Crippen molar-refractivity contribution in [3.63, 3.8) is 0 Å². The molecule has 2 aromatic rings. The Balaban J connectivity index is 1.66. The zero-order chi connectivity index (χ0) is 20.3. The molecule has 0 saturated heterocycles. The first kappa shape index (κ1) is 19.5. The Morgan fingerprint density at radius 2 is 1.64 bits per heavy atom. The highest BCUT2D eigenvalue weighted by Crippen LogP contribution is 2.42. The molecular weight excluding hydrogens is 382 g/mol. The van der Waals surface area contributed by atoms with Gasteiger partial charge in [-0.15, -0.1) is 0 Å². The highest BCUT2D eigenvalue weighted by Gasteiger charge is 2.48. The van der Waals surface area contributed by atoms with Gasteiger partial charge in [0.1, 0.15) is 17.6 Å². The van der Waals surface area contributed by atoms with Gasteiger partial charge in [-0.3, -0.25) is 9.59 Å². The average Bonchev–Trinajstić information content (AvgIpc) is 3.50. The largest absolute Gasteiger partial charge is 0.495 e. The average molecular weight is 400 g/mol. The van der Waals surface area contributed by atoms with E-state index in [1.807, 2.05) is 6.07 Å². The molecule has 0 aliphatic heterocycles. The number of methoxy groups -OCH3 is 2. The normalized spacial score (nSPS) is 17.2. The van der Waals surface area contributed by atoms with E-state index in [2.05, 4.69) is 10.6 Å². The molecule has 0 aromatic heterocycles. The third kappa shape index (κ3) is 4.02. The van der Waals surface area contributed by atoms with Crippen LogP contribution in [0.2, 0.25) is 5.02 Å². The van der Waals surface area contributed by atoms with E-state index in [1.165, 1.54) is 14.2 Å². The molecule has 2 N–H and O–H groups in total. The van der Waals surface area contributed by atoms with Crippen LogP contribution in [-0.2, 0) is 9.59 Å². The summed E-state index contributed by atoms with van der Waals surface area (Å²) >= 11 is 6.06. The lowest BCUT2D eigenvalue weighted by atomic mass is 10.2. The van der Waals surface area contributed by atoms with Crippen molar-refractivity contribution in [2.24, 2.45) is 11.8 Å². The molecule has 1 aliphatic carbocycles. The maximum absolute atomic E-state index is 12.5. The predicted octanol–water partition coefficient (Wildman–Crippen LogP) is 3.44. The third-order valence-corrected chi connectivity index (χ3v) is 4.80. The Morgan fingerprint density at radius 1 is 1.04 bits per heavy atom. The minimum atomic E-state index is -0.458. The lowest BCUT2D eigenvalue weighted by molar-refractivity contribution is -0.122. The molecule has 2 amide bonds. The Kier molecular flexibility index (Phi) is 5.71. The van der Waals surface area contributed by atoms with Crippen LogP contribution in [0.15, 0.2) is 36.4 Å². The number of carbonyl (C=O) groups is 2. The minimum absolute atomic E-state index is 0.288. The summed E-state index contributed by atoms with van der Waals surface area (Å²) in [6.07, 6.45) is 0.430. The number of carbonyl (C=O) groups excluding carboxylic acids is 2. The van der Waals surface area contributed by atoms with Gasteiger partial charge in [-0.2, -0.15) is 5.26 Å². The van der Waals surface area contributed by atoms with Crippen molar-refractivity contribution in [2.75, 3.05) is 24.9 Å². The number of hydrogen-bond donors (Lipinski definition) is 2. The Hall–Kier alpha value is -3.24. The highest BCUT2D eigenvalue weighted by molar-refractivity contribution is 6.32. The number of nitriles is 1. The van der Waals surface area contributed by atoms with Crippen molar-refractivity contribution < 1.29 is 19.1 Å². The topological polar surface area (TPSA) is 100 Å². The SMILES string of the molecule is COc1cc(NC(=O)C2CC2C(=O)Nc2ccccc2C#N)c(OC)cc1Cl. The summed E-state index contributed by atoms with van der Waals surface area (Å²) in [5, 5.41) is 14.9. The van der Waals surface area contributed by atoms with Crippen molar-refractivity contribution in [3.8, 4) is 17.6 Å². The van der Waals surface area contributed by atoms with Gasteiger partial charge in [0.05, 0.1) is 48.0 Å². The second-order valence-corrected chi connectivity index (χ2v) is 6.68. The molecular formula is C20H18ClN3O4. The van der Waals surface area contributed by atoms with Gasteiger partial charge in [0, 0.05) is 12.1 Å². The van der Waals surface area contributed by atoms with E-state index in [1.54, 1.807) is 36.4 Å². The molecule has 2 unspecified atom stereocenters. The van der Waals surface area contributed by atoms with E-state index in [9.17, 15) is 9.59 Å². The van der Waals surface area contributed by atoms with Crippen LogP contribution >= 0.6 is 11.6 Å². The predicted molar refractivity (Wildman–Crippen MR) is 105 cm³/mol. The van der Waals surface area contributed by atoms with E-state index in [-0.39, 0.29) is 11.8 Å². The molecule has 0 bridgehead atoms. The zero-order valence-electron chi connectivity index (χ0n) is 15.3. The van der Waals surface area contributed by atoms with Crippen molar-refractivity contribution in [1.82, 2.24) is 0 Å². The zero-order valence-corrected chi connectivity index (χ0v) is 16.0. The van der Waals surface area contributed by atoms with Crippen LogP contribution in [-0.4, -0.2) is 26.0 Å². The molecule has 3 rings (SSSR count). The number of benzene rings is 2. The molecule has 2 aromatic carbocycles. The fourth-order valence-corrected chi connectivity index (χ4v) is 3.10. The van der Waals surface area contributed by atoms with Gasteiger partial charge in [-0.25, -0.2) is 0 Å². The van der Waals surface area contributed by atoms with Crippen molar-refractivity contribution in [3.05, 3.63) is 47.0 Å². The van der Waals surface area contributed by atoms with Crippen molar-refractivity contribution >= 4 is 34.8 Å². The summed E-state index contributed by atoms with van der Waals surface area (Å²) in [6, 6.07) is 11.9. The number of amides is 2. The fourth-order valence-electron chi connectivity index (χ4n) is 2.87. The number of rotatable bonds is 6. The quantitative estimate of drug-likeness (QED) is 0.774. The number of para-hydroxylation sites is 1. The third-order valence-electron chi connectivity index (χ3n) is 4.50. The standard InChI is InChI=1S/C20H18ClN3O4/c1-27-17-9-16(18(28-2)8-14(17)21)24-20(26)13-7-12(13)19(25)23-15-6-4-3-5-11(15)10-22/h3-6,8-9,12-13H,7H2,1-2H3,(H,23,25)(H,24,26). The molecule has 1 fully saturated rings. The molecule has 0 radical (unpaired) electrons. The monoisotopic (exact) mass is 399 g/mol. The van der Waals surface area contributed by atoms with Gasteiger partial charge in [-0.1, -0.05) is 23.7 Å². The molecule has 144 valence electrons. The van der Waals surface area contributed by atoms with Crippen LogP contribution in [0, 0.1) is 23.2 Å². The summed E-state index contributed by atoms with van der Waals surface area (Å²) in [7, 11) is 2.94. The lowest BCUT2D eigenvalue weighted by Gasteiger charge is -2.13. The van der Waals surface area contributed by atoms with E-state index < -0.39 is 11.8 Å². The number of nitrogens with one attached hydrogen (secondary N) is 2. The number of hydrogen-bond acceptors (Lipinski definition) is 5. The molecule has 0 heterocycles. The Bertz CT molecular complexity index is 970. The number of ether oxygens (including phenoxy) is 2. The van der Waals surface area contributed by atoms with Gasteiger partial charge in [-0.05, 0) is 18.6 Å². The number of anilines is 2. The lowest BCUT2D eigenvalue weighted by Crippen LogP contribution is -2.21. The summed E-state index contributed by atoms with van der Waals surface area (Å²) in [4.78, 5) is 25.0. The minimum Gasteiger partial charge on any atom is -0.495 e. The van der Waals surface area contributed by atoms with E-state index in [0.29, 0.717) is 39.9 Å². The van der Waals surface area contributed by atoms with Crippen LogP contribution in [0.25, 0.3) is 0 Å². The van der Waals surface area contributed by atoms with E-state index in [4.69, 9.17) is 26.3 Å². The first-order valence-corrected chi connectivity index (χ1v) is 8.88. The maximum Gasteiger partial charge on any atom is 0.228 e. The van der Waals surface area contributed by atoms with Gasteiger partial charge in [0.2, 0.25) is 11.8 Å². The Labute approximate surface area is 167 Å². The van der Waals surface area contributed by atoms with Crippen molar-refractivity contribution in [1.29, 1.82) is 5.26 Å². The van der Waals surface area contributed by atoms with E-state index in [0.717, 1.165) is 0 Å². The summed E-state index contributed by atoms with van der Waals surface area (Å²) in [5.41, 5.74) is 1.22. The van der Waals surface area contributed by atoms with E-state index >= 15 is 0 Å².